The Morgan fingerprint density at radius 3 is 2.94 bits per heavy atom. The molecule has 2 unspecified atom stereocenters. The molecular weight excluding hydrogens is 446 g/mol. The maximum Gasteiger partial charge on any atom is 0.289 e. The predicted octanol–water partition coefficient (Wildman–Crippen LogP) is 1.96. The van der Waals surface area contributed by atoms with Gasteiger partial charge in [-0.15, -0.1) is 0 Å². The largest absolute Gasteiger partial charge is 0.468 e. The van der Waals surface area contributed by atoms with Crippen molar-refractivity contribution in [2.75, 3.05) is 18.5 Å². The summed E-state index contributed by atoms with van der Waals surface area (Å²) in [5.41, 5.74) is -0.339. The van der Waals surface area contributed by atoms with E-state index in [4.69, 9.17) is 16.3 Å². The Balaban J connectivity index is 1.56. The fourth-order valence-electron chi connectivity index (χ4n) is 3.69. The molecule has 2 aromatic heterocycles. The maximum absolute atomic E-state index is 13.9. The molecule has 2 N–H and O–H groups in total. The standard InChI is InChI=1S/C20H21ClF2N6O3/c1-10-9-26-16(27-13(10)11-8-20(22,23)5-7-24-11)18(30)28-14-15(21)32-12-4-3-6-25-17(12)29(2)19(14)31/h3-4,6,9,11,14-15,24H,5,7-8H2,1-2H3,(H,28,30)/t11?,14?,15-/m1/s1. The number of pyridine rings is 1. The third-order valence-electron chi connectivity index (χ3n) is 5.38. The Labute approximate surface area is 187 Å². The van der Waals surface area contributed by atoms with Gasteiger partial charge in [0.05, 0.1) is 11.7 Å². The SMILES string of the molecule is Cc1cnc(C(=O)NC2C(=O)N(C)c3ncccc3O[C@H]2Cl)nc1C1CC(F)(F)CCN1. The van der Waals surface area contributed by atoms with Crippen molar-refractivity contribution in [3.63, 3.8) is 0 Å². The minimum atomic E-state index is -2.82. The number of nitrogens with one attached hydrogen (secondary N) is 2. The van der Waals surface area contributed by atoms with Gasteiger partial charge in [0.1, 0.15) is 0 Å². The van der Waals surface area contributed by atoms with Crippen molar-refractivity contribution in [3.05, 3.63) is 41.6 Å². The molecule has 0 aliphatic carbocycles. The lowest BCUT2D eigenvalue weighted by Crippen LogP contribution is -2.52. The number of hydrogen-bond donors (Lipinski definition) is 2. The molecule has 2 aliphatic heterocycles. The summed E-state index contributed by atoms with van der Waals surface area (Å²) >= 11 is 6.27. The molecule has 0 radical (unpaired) electrons. The number of halogens is 3. The number of fused-ring (bicyclic) bond motifs is 1. The lowest BCUT2D eigenvalue weighted by Gasteiger charge is -2.30. The van der Waals surface area contributed by atoms with Gasteiger partial charge in [-0.25, -0.2) is 23.7 Å². The molecule has 2 aromatic rings. The molecule has 32 heavy (non-hydrogen) atoms. The number of likely N-dealkylation sites (N-methyl/N-ethyl adjacent to an activating group) is 1. The van der Waals surface area contributed by atoms with Gasteiger partial charge >= 0.3 is 0 Å². The number of nitrogens with zero attached hydrogens (tertiary/aromatic N) is 4. The second kappa shape index (κ2) is 8.55. The highest BCUT2D eigenvalue weighted by molar-refractivity contribution is 6.23. The van der Waals surface area contributed by atoms with Crippen molar-refractivity contribution in [1.29, 1.82) is 0 Å². The van der Waals surface area contributed by atoms with Crippen molar-refractivity contribution in [3.8, 4) is 5.75 Å². The molecule has 0 spiro atoms. The minimum absolute atomic E-state index is 0.130. The van der Waals surface area contributed by atoms with E-state index in [1.54, 1.807) is 19.1 Å². The van der Waals surface area contributed by atoms with Gasteiger partial charge in [-0.1, -0.05) is 11.6 Å². The van der Waals surface area contributed by atoms with Crippen molar-refractivity contribution < 1.29 is 23.1 Å². The maximum atomic E-state index is 13.9. The molecule has 0 saturated carbocycles. The zero-order valence-corrected chi connectivity index (χ0v) is 18.1. The Hall–Kier alpha value is -2.92. The molecule has 4 heterocycles. The molecule has 3 atom stereocenters. The smallest absolute Gasteiger partial charge is 0.289 e. The second-order valence-corrected chi connectivity index (χ2v) is 8.15. The molecular formula is C20H21ClF2N6O3. The van der Waals surface area contributed by atoms with Gasteiger partial charge in [-0.3, -0.25) is 14.5 Å². The van der Waals surface area contributed by atoms with E-state index in [1.807, 2.05) is 0 Å². The minimum Gasteiger partial charge on any atom is -0.468 e. The number of aryl methyl sites for hydroxylation is 1. The van der Waals surface area contributed by atoms with Crippen LogP contribution in [0.4, 0.5) is 14.6 Å². The van der Waals surface area contributed by atoms with E-state index in [0.717, 1.165) is 0 Å². The second-order valence-electron chi connectivity index (χ2n) is 7.72. The molecule has 2 aliphatic rings. The van der Waals surface area contributed by atoms with Crippen LogP contribution in [0, 0.1) is 6.92 Å². The number of hydrogen-bond acceptors (Lipinski definition) is 7. The van der Waals surface area contributed by atoms with Gasteiger partial charge < -0.3 is 15.4 Å². The molecule has 0 aromatic carbocycles. The lowest BCUT2D eigenvalue weighted by atomic mass is 9.96. The van der Waals surface area contributed by atoms with E-state index in [-0.39, 0.29) is 24.6 Å². The average molecular weight is 467 g/mol. The van der Waals surface area contributed by atoms with Crippen LogP contribution in [-0.4, -0.2) is 57.9 Å². The van der Waals surface area contributed by atoms with Crippen LogP contribution in [0.3, 0.4) is 0 Å². The predicted molar refractivity (Wildman–Crippen MR) is 111 cm³/mol. The van der Waals surface area contributed by atoms with Crippen LogP contribution in [0.5, 0.6) is 5.75 Å². The quantitative estimate of drug-likeness (QED) is 0.665. The number of ether oxygens (including phenoxy) is 1. The van der Waals surface area contributed by atoms with Gasteiger partial charge in [0, 0.05) is 38.8 Å². The summed E-state index contributed by atoms with van der Waals surface area (Å²) in [6, 6.07) is 1.26. The first-order valence-corrected chi connectivity index (χ1v) is 10.4. The highest BCUT2D eigenvalue weighted by Gasteiger charge is 2.40. The topological polar surface area (TPSA) is 109 Å². The Bertz CT molecular complexity index is 1060. The highest BCUT2D eigenvalue weighted by atomic mass is 35.5. The molecule has 4 rings (SSSR count). The van der Waals surface area contributed by atoms with Crippen molar-refractivity contribution >= 4 is 29.2 Å². The first-order valence-electron chi connectivity index (χ1n) is 9.95. The molecule has 9 nitrogen and oxygen atoms in total. The van der Waals surface area contributed by atoms with Gasteiger partial charge in [-0.2, -0.15) is 0 Å². The molecule has 12 heteroatoms. The molecule has 1 saturated heterocycles. The monoisotopic (exact) mass is 466 g/mol. The average Bonchev–Trinajstić information content (AvgIpc) is 2.84. The summed E-state index contributed by atoms with van der Waals surface area (Å²) < 4.78 is 33.4. The summed E-state index contributed by atoms with van der Waals surface area (Å²) in [6.07, 6.45) is 2.20. The first kappa shape index (κ1) is 22.3. The Morgan fingerprint density at radius 1 is 1.41 bits per heavy atom. The number of carbonyl (C=O) groups excluding carboxylic acids is 2. The van der Waals surface area contributed by atoms with Crippen LogP contribution in [0.15, 0.2) is 24.5 Å². The van der Waals surface area contributed by atoms with Crippen LogP contribution >= 0.6 is 11.6 Å². The van der Waals surface area contributed by atoms with Crippen molar-refractivity contribution in [2.24, 2.45) is 0 Å². The van der Waals surface area contributed by atoms with Crippen LogP contribution in [-0.2, 0) is 4.79 Å². The Kier molecular flexibility index (Phi) is 5.95. The summed E-state index contributed by atoms with van der Waals surface area (Å²) in [5, 5.41) is 5.50. The van der Waals surface area contributed by atoms with Crippen LogP contribution in [0.1, 0.15) is 40.8 Å². The van der Waals surface area contributed by atoms with Crippen LogP contribution < -0.4 is 20.3 Å². The third kappa shape index (κ3) is 4.35. The van der Waals surface area contributed by atoms with Crippen molar-refractivity contribution in [1.82, 2.24) is 25.6 Å². The fourth-order valence-corrected chi connectivity index (χ4v) is 3.95. The third-order valence-corrected chi connectivity index (χ3v) is 5.72. The van der Waals surface area contributed by atoms with Gasteiger partial charge in [0.2, 0.25) is 11.4 Å². The number of piperidine rings is 1. The summed E-state index contributed by atoms with van der Waals surface area (Å²) in [6.45, 7) is 1.81. The number of aromatic nitrogens is 3. The highest BCUT2D eigenvalue weighted by Crippen LogP contribution is 2.35. The summed E-state index contributed by atoms with van der Waals surface area (Å²) in [7, 11) is 1.49. The summed E-state index contributed by atoms with van der Waals surface area (Å²) in [4.78, 5) is 39.3. The van der Waals surface area contributed by atoms with Gasteiger partial charge in [-0.05, 0) is 24.6 Å². The number of carbonyl (C=O) groups is 2. The lowest BCUT2D eigenvalue weighted by molar-refractivity contribution is -0.120. The number of alkyl halides is 3. The zero-order chi connectivity index (χ0) is 23.0. The van der Waals surface area contributed by atoms with E-state index in [0.29, 0.717) is 17.0 Å². The van der Waals surface area contributed by atoms with Crippen LogP contribution in [0.2, 0.25) is 0 Å². The molecule has 170 valence electrons. The van der Waals surface area contributed by atoms with E-state index in [1.165, 1.54) is 24.3 Å². The molecule has 2 amide bonds. The molecule has 0 bridgehead atoms. The molecule has 1 fully saturated rings. The zero-order valence-electron chi connectivity index (χ0n) is 17.3. The van der Waals surface area contributed by atoms with Gasteiger partial charge in [0.15, 0.2) is 17.6 Å². The van der Waals surface area contributed by atoms with Crippen LogP contribution in [0.25, 0.3) is 0 Å². The van der Waals surface area contributed by atoms with E-state index in [9.17, 15) is 18.4 Å². The van der Waals surface area contributed by atoms with Crippen molar-refractivity contribution in [2.45, 2.75) is 43.3 Å². The van der Waals surface area contributed by atoms with E-state index in [2.05, 4.69) is 25.6 Å². The van der Waals surface area contributed by atoms with Gasteiger partial charge in [0.25, 0.3) is 17.7 Å². The number of amides is 2. The normalized spacial score (nSPS) is 24.8. The fraction of sp³-hybridized carbons (Fsp3) is 0.450. The number of anilines is 1. The van der Waals surface area contributed by atoms with E-state index < -0.39 is 41.8 Å². The summed E-state index contributed by atoms with van der Waals surface area (Å²) in [5.74, 6) is -3.86. The Morgan fingerprint density at radius 2 is 2.19 bits per heavy atom. The van der Waals surface area contributed by atoms with E-state index >= 15 is 0 Å². The number of rotatable bonds is 3. The first-order chi connectivity index (χ1) is 15.2.